The van der Waals surface area contributed by atoms with Crippen LogP contribution in [-0.4, -0.2) is 34.8 Å². The zero-order valence-electron chi connectivity index (χ0n) is 11.1. The van der Waals surface area contributed by atoms with E-state index >= 15 is 0 Å². The van der Waals surface area contributed by atoms with Crippen molar-refractivity contribution in [2.45, 2.75) is 13.3 Å². The minimum atomic E-state index is 0.852. The van der Waals surface area contributed by atoms with Crippen molar-refractivity contribution in [2.75, 3.05) is 21.1 Å². The molecule has 0 amide bonds. The second kappa shape index (κ2) is 4.33. The van der Waals surface area contributed by atoms with Gasteiger partial charge in [-0.1, -0.05) is 0 Å². The van der Waals surface area contributed by atoms with E-state index in [1.165, 1.54) is 0 Å². The molecule has 0 radical (unpaired) electrons. The predicted molar refractivity (Wildman–Crippen MR) is 63.7 cm³/mol. The van der Waals surface area contributed by atoms with Crippen LogP contribution >= 0.6 is 0 Å². The van der Waals surface area contributed by atoms with Crippen LogP contribution in [0.5, 0.6) is 0 Å². The van der Waals surface area contributed by atoms with Gasteiger partial charge >= 0.3 is 0 Å². The smallest absolute Gasteiger partial charge is 0.251 e. The summed E-state index contributed by atoms with van der Waals surface area (Å²) in [5.41, 5.74) is 0. The number of aromatic nitrogens is 4. The molecule has 2 rings (SSSR count). The van der Waals surface area contributed by atoms with Gasteiger partial charge < -0.3 is 0 Å². The third-order valence-corrected chi connectivity index (χ3v) is 2.48. The standard InChI is InChI=1S/C12H22N5/c1-13-5-6-14(9-13)10-15-7-8-16(11-15)12-17(2,3)4/h5-9,11H,10,12H2,1-4H3/q+3. The number of rotatable bonds is 4. The Morgan fingerprint density at radius 3 is 2.29 bits per heavy atom. The molecule has 0 atom stereocenters. The monoisotopic (exact) mass is 236 g/mol. The van der Waals surface area contributed by atoms with Gasteiger partial charge in [-0.2, -0.15) is 13.7 Å². The number of hydrogen-bond acceptors (Lipinski definition) is 0. The molecule has 2 aromatic heterocycles. The molecular weight excluding hydrogens is 214 g/mol. The molecule has 0 aliphatic carbocycles. The molecule has 0 aliphatic rings. The molecular formula is C12H22N5+3. The van der Waals surface area contributed by atoms with Gasteiger partial charge in [0.1, 0.15) is 24.8 Å². The number of nitrogens with zero attached hydrogens (tertiary/aromatic N) is 5. The van der Waals surface area contributed by atoms with Crippen molar-refractivity contribution in [3.05, 3.63) is 37.4 Å². The largest absolute Gasteiger partial charge is 0.295 e. The predicted octanol–water partition coefficient (Wildman–Crippen LogP) is -0.429. The van der Waals surface area contributed by atoms with Crippen molar-refractivity contribution in [3.8, 4) is 0 Å². The lowest BCUT2D eigenvalue weighted by Crippen LogP contribution is -2.38. The van der Waals surface area contributed by atoms with Crippen LogP contribution in [0.25, 0.3) is 0 Å². The van der Waals surface area contributed by atoms with E-state index in [1.54, 1.807) is 0 Å². The van der Waals surface area contributed by atoms with Gasteiger partial charge in [-0.15, -0.1) is 0 Å². The lowest BCUT2D eigenvalue weighted by molar-refractivity contribution is -0.893. The highest BCUT2D eigenvalue weighted by atomic mass is 15.4. The molecule has 0 aliphatic heterocycles. The van der Waals surface area contributed by atoms with Crippen molar-refractivity contribution in [1.29, 1.82) is 0 Å². The van der Waals surface area contributed by atoms with Gasteiger partial charge in [-0.05, 0) is 0 Å². The summed E-state index contributed by atoms with van der Waals surface area (Å²) in [5, 5.41) is 0. The maximum absolute atomic E-state index is 2.21. The van der Waals surface area contributed by atoms with E-state index in [1.807, 2.05) is 17.8 Å². The van der Waals surface area contributed by atoms with Gasteiger partial charge in [-0.25, -0.2) is 4.57 Å². The lowest BCUT2D eigenvalue weighted by Gasteiger charge is -2.20. The molecule has 2 heterocycles. The van der Waals surface area contributed by atoms with Crippen LogP contribution in [0.4, 0.5) is 0 Å². The van der Waals surface area contributed by atoms with Crippen molar-refractivity contribution in [2.24, 2.45) is 7.05 Å². The fourth-order valence-corrected chi connectivity index (χ4v) is 1.87. The van der Waals surface area contributed by atoms with Crippen molar-refractivity contribution in [1.82, 2.24) is 9.13 Å². The number of quaternary nitrogens is 1. The maximum atomic E-state index is 2.21. The van der Waals surface area contributed by atoms with E-state index in [-0.39, 0.29) is 0 Å². The number of aryl methyl sites for hydroxylation is 1. The average molecular weight is 236 g/mol. The molecule has 0 saturated carbocycles. The van der Waals surface area contributed by atoms with Crippen LogP contribution in [0.15, 0.2) is 37.4 Å². The summed E-state index contributed by atoms with van der Waals surface area (Å²) in [4.78, 5) is 0. The summed E-state index contributed by atoms with van der Waals surface area (Å²) in [6.07, 6.45) is 12.6. The minimum Gasteiger partial charge on any atom is -0.295 e. The summed E-state index contributed by atoms with van der Waals surface area (Å²) in [6.45, 7) is 1.83. The summed E-state index contributed by atoms with van der Waals surface area (Å²) < 4.78 is 9.51. The third kappa shape index (κ3) is 3.42. The van der Waals surface area contributed by atoms with Crippen LogP contribution in [0.3, 0.4) is 0 Å². The molecule has 5 nitrogen and oxygen atoms in total. The molecule has 92 valence electrons. The normalized spacial score (nSPS) is 12.0. The second-order valence-electron chi connectivity index (χ2n) is 5.61. The topological polar surface area (TPSA) is 17.6 Å². The quantitative estimate of drug-likeness (QED) is 0.506. The van der Waals surface area contributed by atoms with Gasteiger partial charge in [0.15, 0.2) is 0 Å². The highest BCUT2D eigenvalue weighted by Gasteiger charge is 2.14. The molecule has 0 saturated heterocycles. The Morgan fingerprint density at radius 1 is 1.00 bits per heavy atom. The van der Waals surface area contributed by atoms with E-state index in [0.717, 1.165) is 17.8 Å². The zero-order chi connectivity index (χ0) is 12.5. The fraction of sp³-hybridized carbons (Fsp3) is 0.500. The van der Waals surface area contributed by atoms with Gasteiger partial charge in [-0.3, -0.25) is 4.48 Å². The molecule has 0 unspecified atom stereocenters. The zero-order valence-corrected chi connectivity index (χ0v) is 11.1. The summed E-state index contributed by atoms with van der Waals surface area (Å²) in [7, 11) is 8.60. The SMILES string of the molecule is C[n+]1ccn(C[n+]2ccn(C[N+](C)(C)C)c2)c1. The van der Waals surface area contributed by atoms with Crippen LogP contribution in [0, 0.1) is 0 Å². The molecule has 0 fully saturated rings. The van der Waals surface area contributed by atoms with Crippen LogP contribution in [-0.2, 0) is 20.4 Å². The first-order valence-corrected chi connectivity index (χ1v) is 5.79. The van der Waals surface area contributed by atoms with Crippen molar-refractivity contribution in [3.63, 3.8) is 0 Å². The Balaban J connectivity index is 2.03. The molecule has 0 bridgehead atoms. The second-order valence-corrected chi connectivity index (χ2v) is 5.61. The molecule has 0 aromatic carbocycles. The van der Waals surface area contributed by atoms with E-state index in [0.29, 0.717) is 0 Å². The first-order valence-electron chi connectivity index (χ1n) is 5.79. The fourth-order valence-electron chi connectivity index (χ4n) is 1.87. The molecule has 0 spiro atoms. The molecule has 5 heteroatoms. The first-order chi connectivity index (χ1) is 7.92. The highest BCUT2D eigenvalue weighted by Crippen LogP contribution is 1.95. The Bertz CT molecular complexity index is 489. The van der Waals surface area contributed by atoms with E-state index < -0.39 is 0 Å². The first kappa shape index (κ1) is 11.9. The van der Waals surface area contributed by atoms with Crippen LogP contribution in [0.2, 0.25) is 0 Å². The molecule has 17 heavy (non-hydrogen) atoms. The van der Waals surface area contributed by atoms with Gasteiger partial charge in [0, 0.05) is 0 Å². The van der Waals surface area contributed by atoms with Gasteiger partial charge in [0.05, 0.1) is 28.2 Å². The summed E-state index contributed by atoms with van der Waals surface area (Å²) in [5.74, 6) is 0. The molecule has 2 aromatic rings. The van der Waals surface area contributed by atoms with E-state index in [4.69, 9.17) is 0 Å². The Hall–Kier alpha value is -1.62. The minimum absolute atomic E-state index is 0.852. The summed E-state index contributed by atoms with van der Waals surface area (Å²) >= 11 is 0. The Kier molecular flexibility index (Phi) is 3.02. The number of imidazole rings is 2. The van der Waals surface area contributed by atoms with Gasteiger partial charge in [0.25, 0.3) is 6.33 Å². The maximum Gasteiger partial charge on any atom is 0.251 e. The van der Waals surface area contributed by atoms with E-state index in [9.17, 15) is 0 Å². The van der Waals surface area contributed by atoms with Gasteiger partial charge in [0.2, 0.25) is 19.7 Å². The average Bonchev–Trinajstić information content (AvgIpc) is 2.74. The third-order valence-electron chi connectivity index (χ3n) is 2.48. The highest BCUT2D eigenvalue weighted by molar-refractivity contribution is 4.66. The van der Waals surface area contributed by atoms with E-state index in [2.05, 4.69) is 66.1 Å². The lowest BCUT2D eigenvalue weighted by atomic mass is 10.7. The Morgan fingerprint density at radius 2 is 1.71 bits per heavy atom. The number of hydrogen-bond donors (Lipinski definition) is 0. The van der Waals surface area contributed by atoms with Crippen LogP contribution in [0.1, 0.15) is 0 Å². The molecule has 0 N–H and O–H groups in total. The Labute approximate surface area is 102 Å². The summed E-state index contributed by atoms with van der Waals surface area (Å²) in [6, 6.07) is 0. The van der Waals surface area contributed by atoms with Crippen LogP contribution < -0.4 is 9.13 Å². The van der Waals surface area contributed by atoms with Crippen molar-refractivity contribution >= 4 is 0 Å². The van der Waals surface area contributed by atoms with Crippen molar-refractivity contribution < 1.29 is 13.6 Å².